The normalized spacial score (nSPS) is 10.7. The zero-order chi connectivity index (χ0) is 14.1. The van der Waals surface area contributed by atoms with Gasteiger partial charge in [0.1, 0.15) is 0 Å². The van der Waals surface area contributed by atoms with Crippen molar-refractivity contribution >= 4 is 43.8 Å². The van der Waals surface area contributed by atoms with Gasteiger partial charge in [0.15, 0.2) is 0 Å². The highest BCUT2D eigenvalue weighted by Gasteiger charge is 2.05. The van der Waals surface area contributed by atoms with Gasteiger partial charge in [-0.2, -0.15) is 0 Å². The van der Waals surface area contributed by atoms with Crippen LogP contribution in [0.2, 0.25) is 0 Å². The van der Waals surface area contributed by atoms with Crippen LogP contribution in [0.1, 0.15) is 5.56 Å². The van der Waals surface area contributed by atoms with Gasteiger partial charge in [0, 0.05) is 33.3 Å². The van der Waals surface area contributed by atoms with E-state index in [0.717, 1.165) is 32.3 Å². The maximum Gasteiger partial charge on any atom is 0.0634 e. The van der Waals surface area contributed by atoms with E-state index >= 15 is 0 Å². The van der Waals surface area contributed by atoms with Gasteiger partial charge in [0.2, 0.25) is 0 Å². The molecule has 2 aromatic carbocycles. The summed E-state index contributed by atoms with van der Waals surface area (Å²) in [5.41, 5.74) is 10.1. The molecule has 0 amide bonds. The van der Waals surface area contributed by atoms with Crippen LogP contribution in [-0.4, -0.2) is 4.98 Å². The summed E-state index contributed by atoms with van der Waals surface area (Å²) in [5.74, 6) is 0. The fourth-order valence-corrected chi connectivity index (χ4v) is 2.87. The molecule has 20 heavy (non-hydrogen) atoms. The first-order chi connectivity index (χ1) is 9.63. The zero-order valence-electron chi connectivity index (χ0n) is 11.0. The highest BCUT2D eigenvalue weighted by molar-refractivity contribution is 9.10. The van der Waals surface area contributed by atoms with Crippen molar-refractivity contribution in [3.8, 4) is 0 Å². The van der Waals surface area contributed by atoms with Gasteiger partial charge in [-0.25, -0.2) is 0 Å². The largest absolute Gasteiger partial charge is 0.397 e. The third kappa shape index (κ3) is 2.47. The van der Waals surface area contributed by atoms with Gasteiger partial charge < -0.3 is 11.1 Å². The van der Waals surface area contributed by atoms with Crippen molar-refractivity contribution < 1.29 is 0 Å². The number of anilines is 3. The SMILES string of the molecule is Cc1cc(Br)cc(Nc2ccc3cnccc3c2N)c1. The third-order valence-electron chi connectivity index (χ3n) is 3.18. The maximum absolute atomic E-state index is 6.24. The summed E-state index contributed by atoms with van der Waals surface area (Å²) in [6, 6.07) is 12.1. The predicted molar refractivity (Wildman–Crippen MR) is 88.3 cm³/mol. The van der Waals surface area contributed by atoms with Gasteiger partial charge >= 0.3 is 0 Å². The van der Waals surface area contributed by atoms with Crippen LogP contribution in [-0.2, 0) is 0 Å². The zero-order valence-corrected chi connectivity index (χ0v) is 12.6. The van der Waals surface area contributed by atoms with Gasteiger partial charge in [-0.3, -0.25) is 4.98 Å². The van der Waals surface area contributed by atoms with Crippen molar-refractivity contribution in [2.45, 2.75) is 6.92 Å². The Balaban J connectivity index is 2.04. The second-order valence-corrected chi connectivity index (χ2v) is 5.68. The molecule has 1 aromatic heterocycles. The summed E-state index contributed by atoms with van der Waals surface area (Å²) in [7, 11) is 0. The van der Waals surface area contributed by atoms with Crippen molar-refractivity contribution in [3.05, 3.63) is 58.8 Å². The number of halogens is 1. The van der Waals surface area contributed by atoms with Gasteiger partial charge in [-0.15, -0.1) is 0 Å². The first-order valence-corrected chi connectivity index (χ1v) is 7.09. The van der Waals surface area contributed by atoms with Crippen LogP contribution >= 0.6 is 15.9 Å². The molecule has 0 aliphatic carbocycles. The number of hydrogen-bond acceptors (Lipinski definition) is 3. The van der Waals surface area contributed by atoms with Gasteiger partial charge in [-0.1, -0.05) is 22.0 Å². The van der Waals surface area contributed by atoms with Crippen molar-refractivity contribution in [1.29, 1.82) is 0 Å². The predicted octanol–water partition coefficient (Wildman–Crippen LogP) is 4.63. The molecule has 0 fully saturated rings. The Hall–Kier alpha value is -2.07. The van der Waals surface area contributed by atoms with Crippen LogP contribution in [0.5, 0.6) is 0 Å². The molecule has 0 radical (unpaired) electrons. The van der Waals surface area contributed by atoms with Crippen molar-refractivity contribution in [1.82, 2.24) is 4.98 Å². The topological polar surface area (TPSA) is 50.9 Å². The Morgan fingerprint density at radius 1 is 1.15 bits per heavy atom. The standard InChI is InChI=1S/C16H14BrN3/c1-10-6-12(17)8-13(7-10)20-15-3-2-11-9-19-5-4-14(11)16(15)18/h2-9,20H,18H2,1H3. The van der Waals surface area contributed by atoms with Crippen LogP contribution < -0.4 is 11.1 Å². The molecule has 0 spiro atoms. The molecule has 0 saturated heterocycles. The molecule has 0 aliphatic rings. The second kappa shape index (κ2) is 5.13. The molecular weight excluding hydrogens is 314 g/mol. The molecule has 0 aliphatic heterocycles. The monoisotopic (exact) mass is 327 g/mol. The van der Waals surface area contributed by atoms with Crippen LogP contribution in [0.25, 0.3) is 10.8 Å². The number of aryl methyl sites for hydroxylation is 1. The summed E-state index contributed by atoms with van der Waals surface area (Å²) in [5, 5.41) is 5.42. The lowest BCUT2D eigenvalue weighted by Crippen LogP contribution is -1.97. The Morgan fingerprint density at radius 2 is 2.00 bits per heavy atom. The molecular formula is C16H14BrN3. The Bertz CT molecular complexity index is 764. The van der Waals surface area contributed by atoms with E-state index in [2.05, 4.69) is 45.3 Å². The van der Waals surface area contributed by atoms with E-state index in [1.807, 2.05) is 30.5 Å². The Kier molecular flexibility index (Phi) is 3.32. The van der Waals surface area contributed by atoms with E-state index in [0.29, 0.717) is 0 Å². The fourth-order valence-electron chi connectivity index (χ4n) is 2.27. The van der Waals surface area contributed by atoms with E-state index in [9.17, 15) is 0 Å². The van der Waals surface area contributed by atoms with Crippen LogP contribution in [0.4, 0.5) is 17.1 Å². The molecule has 0 unspecified atom stereocenters. The van der Waals surface area contributed by atoms with Crippen LogP contribution in [0, 0.1) is 6.92 Å². The minimum Gasteiger partial charge on any atom is -0.397 e. The van der Waals surface area contributed by atoms with Crippen LogP contribution in [0.3, 0.4) is 0 Å². The van der Waals surface area contributed by atoms with Crippen LogP contribution in [0.15, 0.2) is 53.3 Å². The summed E-state index contributed by atoms with van der Waals surface area (Å²) in [6.45, 7) is 2.06. The summed E-state index contributed by atoms with van der Waals surface area (Å²) >= 11 is 3.51. The van der Waals surface area contributed by atoms with Gasteiger partial charge in [-0.05, 0) is 42.8 Å². The summed E-state index contributed by atoms with van der Waals surface area (Å²) < 4.78 is 1.04. The number of nitrogen functional groups attached to an aromatic ring is 1. The number of fused-ring (bicyclic) bond motifs is 1. The molecule has 100 valence electrons. The minimum atomic E-state index is 0.738. The molecule has 3 nitrogen and oxygen atoms in total. The number of nitrogens with two attached hydrogens (primary N) is 1. The fraction of sp³-hybridized carbons (Fsp3) is 0.0625. The smallest absolute Gasteiger partial charge is 0.0634 e. The summed E-state index contributed by atoms with van der Waals surface area (Å²) in [6.07, 6.45) is 3.57. The average Bonchev–Trinajstić information content (AvgIpc) is 2.41. The number of nitrogens with zero attached hydrogens (tertiary/aromatic N) is 1. The van der Waals surface area contributed by atoms with E-state index < -0.39 is 0 Å². The average molecular weight is 328 g/mol. The number of hydrogen-bond donors (Lipinski definition) is 2. The Labute approximate surface area is 126 Å². The molecule has 1 heterocycles. The van der Waals surface area contributed by atoms with E-state index in [4.69, 9.17) is 5.73 Å². The Morgan fingerprint density at radius 3 is 2.80 bits per heavy atom. The summed E-state index contributed by atoms with van der Waals surface area (Å²) in [4.78, 5) is 4.11. The first-order valence-electron chi connectivity index (χ1n) is 6.30. The maximum atomic E-state index is 6.24. The molecule has 0 atom stereocenters. The number of pyridine rings is 1. The van der Waals surface area contributed by atoms with Crippen molar-refractivity contribution in [2.75, 3.05) is 11.1 Å². The molecule has 0 saturated carbocycles. The molecule has 3 N–H and O–H groups in total. The second-order valence-electron chi connectivity index (χ2n) is 4.77. The third-order valence-corrected chi connectivity index (χ3v) is 3.64. The molecule has 3 aromatic rings. The number of rotatable bonds is 2. The van der Waals surface area contributed by atoms with Gasteiger partial charge in [0.05, 0.1) is 11.4 Å². The number of aromatic nitrogens is 1. The quantitative estimate of drug-likeness (QED) is 0.674. The highest BCUT2D eigenvalue weighted by Crippen LogP contribution is 2.31. The van der Waals surface area contributed by atoms with E-state index in [1.165, 1.54) is 5.56 Å². The molecule has 3 rings (SSSR count). The first kappa shape index (κ1) is 12.9. The van der Waals surface area contributed by atoms with E-state index in [-0.39, 0.29) is 0 Å². The highest BCUT2D eigenvalue weighted by atomic mass is 79.9. The van der Waals surface area contributed by atoms with E-state index in [1.54, 1.807) is 6.20 Å². The van der Waals surface area contributed by atoms with Gasteiger partial charge in [0.25, 0.3) is 0 Å². The lowest BCUT2D eigenvalue weighted by molar-refractivity contribution is 1.36. The molecule has 4 heteroatoms. The number of nitrogens with one attached hydrogen (secondary N) is 1. The lowest BCUT2D eigenvalue weighted by atomic mass is 10.1. The minimum absolute atomic E-state index is 0.738. The number of benzene rings is 2. The van der Waals surface area contributed by atoms with Crippen molar-refractivity contribution in [3.63, 3.8) is 0 Å². The van der Waals surface area contributed by atoms with Crippen molar-refractivity contribution in [2.24, 2.45) is 0 Å². The molecule has 0 bridgehead atoms. The lowest BCUT2D eigenvalue weighted by Gasteiger charge is -2.12.